The monoisotopic (exact) mass is 508 g/mol. The van der Waals surface area contributed by atoms with Crippen molar-refractivity contribution in [2.24, 2.45) is 10.9 Å². The van der Waals surface area contributed by atoms with Gasteiger partial charge in [-0.25, -0.2) is 4.79 Å². The molecule has 0 saturated carbocycles. The first-order valence-corrected chi connectivity index (χ1v) is 10.2. The molecule has 1 aromatic rings. The summed E-state index contributed by atoms with van der Waals surface area (Å²) in [4.78, 5) is 19.6. The van der Waals surface area contributed by atoms with Gasteiger partial charge in [-0.2, -0.15) is 0 Å². The maximum atomic E-state index is 12.1. The number of likely N-dealkylation sites (tertiary alicyclic amines) is 1. The Kier molecular flexibility index (Phi) is 10.4. The Hall–Kier alpha value is -1.03. The number of halogens is 1. The molecule has 0 aromatic carbocycles. The van der Waals surface area contributed by atoms with Gasteiger partial charge in [-0.3, -0.25) is 4.99 Å². The van der Waals surface area contributed by atoms with E-state index in [0.29, 0.717) is 5.92 Å². The van der Waals surface area contributed by atoms with E-state index in [4.69, 9.17) is 4.74 Å². The fraction of sp³-hybridized carbons (Fsp3) is 0.684. The van der Waals surface area contributed by atoms with Crippen LogP contribution in [0.4, 0.5) is 4.79 Å². The van der Waals surface area contributed by atoms with E-state index in [1.165, 1.54) is 4.88 Å². The minimum Gasteiger partial charge on any atom is -0.444 e. The third kappa shape index (κ3) is 9.14. The first kappa shape index (κ1) is 24.0. The molecule has 0 spiro atoms. The van der Waals surface area contributed by atoms with E-state index < -0.39 is 5.60 Å². The van der Waals surface area contributed by atoms with Crippen LogP contribution in [0.5, 0.6) is 0 Å². The van der Waals surface area contributed by atoms with Gasteiger partial charge in [0.15, 0.2) is 5.96 Å². The highest BCUT2D eigenvalue weighted by Gasteiger charge is 2.26. The van der Waals surface area contributed by atoms with E-state index in [9.17, 15) is 4.79 Å². The number of hydrogen-bond acceptors (Lipinski definition) is 4. The van der Waals surface area contributed by atoms with Crippen molar-refractivity contribution in [3.8, 4) is 0 Å². The average Bonchev–Trinajstić information content (AvgIpc) is 3.10. The molecular formula is C19H33IN4O2S. The highest BCUT2D eigenvalue weighted by atomic mass is 127. The lowest BCUT2D eigenvalue weighted by atomic mass is 9.97. The lowest BCUT2D eigenvalue weighted by molar-refractivity contribution is 0.0185. The van der Waals surface area contributed by atoms with E-state index in [1.807, 2.05) is 25.7 Å². The van der Waals surface area contributed by atoms with Crippen LogP contribution in [0.1, 0.15) is 38.5 Å². The van der Waals surface area contributed by atoms with Crippen LogP contribution in [0.3, 0.4) is 0 Å². The lowest BCUT2D eigenvalue weighted by Crippen LogP contribution is -2.45. The number of carbonyl (C=O) groups excluding carboxylic acids is 1. The number of aliphatic imine (C=N–C) groups is 1. The van der Waals surface area contributed by atoms with Crippen LogP contribution in [-0.4, -0.2) is 55.8 Å². The maximum Gasteiger partial charge on any atom is 0.410 e. The smallest absolute Gasteiger partial charge is 0.410 e. The van der Waals surface area contributed by atoms with Gasteiger partial charge in [-0.1, -0.05) is 6.07 Å². The molecule has 154 valence electrons. The molecular weight excluding hydrogens is 475 g/mol. The normalized spacial score (nSPS) is 15.9. The largest absolute Gasteiger partial charge is 0.444 e. The summed E-state index contributed by atoms with van der Waals surface area (Å²) in [6.45, 7) is 8.96. The topological polar surface area (TPSA) is 66.0 Å². The number of nitrogens with one attached hydrogen (secondary N) is 2. The van der Waals surface area contributed by atoms with Gasteiger partial charge in [0.05, 0.1) is 0 Å². The van der Waals surface area contributed by atoms with Crippen molar-refractivity contribution < 1.29 is 9.53 Å². The summed E-state index contributed by atoms with van der Waals surface area (Å²) in [6, 6.07) is 4.23. The maximum absolute atomic E-state index is 12.1. The van der Waals surface area contributed by atoms with Gasteiger partial charge < -0.3 is 20.3 Å². The zero-order valence-electron chi connectivity index (χ0n) is 16.8. The van der Waals surface area contributed by atoms with Crippen LogP contribution in [0, 0.1) is 5.92 Å². The Labute approximate surface area is 184 Å². The minimum atomic E-state index is -0.434. The van der Waals surface area contributed by atoms with Crippen molar-refractivity contribution in [2.75, 3.05) is 33.2 Å². The Morgan fingerprint density at radius 2 is 2.04 bits per heavy atom. The van der Waals surface area contributed by atoms with E-state index in [1.54, 1.807) is 18.4 Å². The summed E-state index contributed by atoms with van der Waals surface area (Å²) < 4.78 is 5.45. The number of ether oxygens (including phenoxy) is 1. The Balaban J connectivity index is 0.00000364. The highest BCUT2D eigenvalue weighted by Crippen LogP contribution is 2.19. The first-order chi connectivity index (χ1) is 12.4. The zero-order chi connectivity index (χ0) is 19.0. The molecule has 2 heterocycles. The summed E-state index contributed by atoms with van der Waals surface area (Å²) in [5, 5.41) is 8.87. The molecule has 27 heavy (non-hydrogen) atoms. The standard InChI is InChI=1S/C19H32N4O2S.HI/c1-19(2,3)25-18(24)23-11-8-15(9-12-23)14-22-17(20-4)21-10-7-16-6-5-13-26-16;/h5-6,13,15H,7-12,14H2,1-4H3,(H2,20,21,22);1H. The van der Waals surface area contributed by atoms with Gasteiger partial charge in [0.1, 0.15) is 5.60 Å². The second-order valence-electron chi connectivity index (χ2n) is 7.62. The van der Waals surface area contributed by atoms with Gasteiger partial charge in [0.2, 0.25) is 0 Å². The second kappa shape index (κ2) is 11.7. The number of hydrogen-bond donors (Lipinski definition) is 2. The molecule has 2 N–H and O–H groups in total. The lowest BCUT2D eigenvalue weighted by Gasteiger charge is -2.33. The number of piperidine rings is 1. The van der Waals surface area contributed by atoms with Crippen LogP contribution in [0.25, 0.3) is 0 Å². The molecule has 8 heteroatoms. The number of nitrogens with zero attached hydrogens (tertiary/aromatic N) is 2. The molecule has 0 radical (unpaired) electrons. The van der Waals surface area contributed by atoms with Crippen LogP contribution in [-0.2, 0) is 11.2 Å². The molecule has 1 aliphatic heterocycles. The van der Waals surface area contributed by atoms with Crippen molar-refractivity contribution in [3.05, 3.63) is 22.4 Å². The Morgan fingerprint density at radius 1 is 1.33 bits per heavy atom. The Bertz CT molecular complexity index is 579. The number of amides is 1. The fourth-order valence-corrected chi connectivity index (χ4v) is 3.58. The third-order valence-electron chi connectivity index (χ3n) is 4.29. The average molecular weight is 508 g/mol. The fourth-order valence-electron chi connectivity index (χ4n) is 2.87. The second-order valence-corrected chi connectivity index (χ2v) is 8.65. The zero-order valence-corrected chi connectivity index (χ0v) is 19.9. The van der Waals surface area contributed by atoms with Crippen LogP contribution in [0.15, 0.2) is 22.5 Å². The van der Waals surface area contributed by atoms with Crippen molar-refractivity contribution in [2.45, 2.75) is 45.6 Å². The molecule has 6 nitrogen and oxygen atoms in total. The van der Waals surface area contributed by atoms with Crippen molar-refractivity contribution in [1.29, 1.82) is 0 Å². The van der Waals surface area contributed by atoms with Crippen LogP contribution < -0.4 is 10.6 Å². The summed E-state index contributed by atoms with van der Waals surface area (Å²) in [5.41, 5.74) is -0.434. The van der Waals surface area contributed by atoms with Crippen molar-refractivity contribution >= 4 is 47.4 Å². The van der Waals surface area contributed by atoms with Crippen LogP contribution in [0.2, 0.25) is 0 Å². The van der Waals surface area contributed by atoms with Gasteiger partial charge >= 0.3 is 6.09 Å². The number of guanidine groups is 1. The molecule has 0 unspecified atom stereocenters. The summed E-state index contributed by atoms with van der Waals surface area (Å²) in [6.07, 6.45) is 2.78. The first-order valence-electron chi connectivity index (χ1n) is 9.32. The third-order valence-corrected chi connectivity index (χ3v) is 5.23. The minimum absolute atomic E-state index is 0. The molecule has 2 rings (SSSR count). The Morgan fingerprint density at radius 3 is 2.59 bits per heavy atom. The molecule has 1 amide bonds. The van der Waals surface area contributed by atoms with Gasteiger partial charge in [0.25, 0.3) is 0 Å². The number of rotatable bonds is 5. The SMILES string of the molecule is CN=C(NCCc1cccs1)NCC1CCN(C(=O)OC(C)(C)C)CC1.I. The summed E-state index contributed by atoms with van der Waals surface area (Å²) in [7, 11) is 1.80. The molecule has 1 saturated heterocycles. The van der Waals surface area contributed by atoms with E-state index >= 15 is 0 Å². The molecule has 1 fully saturated rings. The summed E-state index contributed by atoms with van der Waals surface area (Å²) in [5.74, 6) is 1.39. The quantitative estimate of drug-likeness (QED) is 0.362. The molecule has 1 aromatic heterocycles. The molecule has 0 atom stereocenters. The molecule has 0 aliphatic carbocycles. The van der Waals surface area contributed by atoms with Gasteiger partial charge in [-0.05, 0) is 57.4 Å². The van der Waals surface area contributed by atoms with Gasteiger partial charge in [0, 0.05) is 38.1 Å². The van der Waals surface area contributed by atoms with Crippen molar-refractivity contribution in [3.63, 3.8) is 0 Å². The predicted octanol–water partition coefficient (Wildman–Crippen LogP) is 3.72. The van der Waals surface area contributed by atoms with E-state index in [2.05, 4.69) is 33.1 Å². The van der Waals surface area contributed by atoms with Gasteiger partial charge in [-0.15, -0.1) is 35.3 Å². The number of carbonyl (C=O) groups is 1. The van der Waals surface area contributed by atoms with Crippen molar-refractivity contribution in [1.82, 2.24) is 15.5 Å². The number of thiophene rings is 1. The van der Waals surface area contributed by atoms with Crippen LogP contribution >= 0.6 is 35.3 Å². The summed E-state index contributed by atoms with van der Waals surface area (Å²) >= 11 is 1.78. The van der Waals surface area contributed by atoms with E-state index in [0.717, 1.165) is 51.4 Å². The molecule has 0 bridgehead atoms. The predicted molar refractivity (Wildman–Crippen MR) is 123 cm³/mol. The molecule has 1 aliphatic rings. The highest BCUT2D eigenvalue weighted by molar-refractivity contribution is 14.0. The van der Waals surface area contributed by atoms with E-state index in [-0.39, 0.29) is 30.1 Å².